The maximum absolute atomic E-state index is 5.93. The van der Waals surface area contributed by atoms with E-state index >= 15 is 0 Å². The third-order valence-corrected chi connectivity index (χ3v) is 2.83. The van der Waals surface area contributed by atoms with Crippen LogP contribution >= 0.6 is 0 Å². The van der Waals surface area contributed by atoms with E-state index in [1.807, 2.05) is 0 Å². The Morgan fingerprint density at radius 1 is 1.47 bits per heavy atom. The monoisotopic (exact) mass is 208 g/mol. The van der Waals surface area contributed by atoms with Crippen molar-refractivity contribution in [3.05, 3.63) is 12.2 Å². The molecule has 5 nitrogen and oxygen atoms in total. The van der Waals surface area contributed by atoms with E-state index in [4.69, 9.17) is 5.73 Å². The summed E-state index contributed by atoms with van der Waals surface area (Å²) in [5, 5.41) is 3.68. The summed E-state index contributed by atoms with van der Waals surface area (Å²) < 4.78 is 4.62. The molecule has 15 heavy (non-hydrogen) atoms. The van der Waals surface area contributed by atoms with E-state index in [1.54, 1.807) is 0 Å². The first-order chi connectivity index (χ1) is 7.36. The van der Waals surface area contributed by atoms with Gasteiger partial charge in [-0.25, -0.2) is 0 Å². The van der Waals surface area contributed by atoms with Gasteiger partial charge in [-0.05, 0) is 12.8 Å². The van der Waals surface area contributed by atoms with Gasteiger partial charge in [0.1, 0.15) is 6.54 Å². The lowest BCUT2D eigenvalue weighted by Gasteiger charge is -2.20. The molecule has 0 aliphatic heterocycles. The van der Waals surface area contributed by atoms with Crippen molar-refractivity contribution in [1.29, 1.82) is 0 Å². The quantitative estimate of drug-likeness (QED) is 0.603. The molecule has 1 aromatic heterocycles. The van der Waals surface area contributed by atoms with E-state index in [0.717, 1.165) is 5.84 Å². The van der Waals surface area contributed by atoms with Gasteiger partial charge >= 0.3 is 0 Å². The Labute approximate surface area is 88.8 Å². The van der Waals surface area contributed by atoms with E-state index in [-0.39, 0.29) is 0 Å². The zero-order valence-electron chi connectivity index (χ0n) is 8.72. The van der Waals surface area contributed by atoms with Gasteiger partial charge in [-0.2, -0.15) is 4.98 Å². The second-order valence-corrected chi connectivity index (χ2v) is 3.92. The largest absolute Gasteiger partial charge is 0.387 e. The van der Waals surface area contributed by atoms with E-state index in [9.17, 15) is 0 Å². The smallest absolute Gasteiger partial charge is 0.213 e. The first kappa shape index (κ1) is 10.1. The predicted octanol–water partition coefficient (Wildman–Crippen LogP) is 1.51. The van der Waals surface area contributed by atoms with Crippen LogP contribution < -0.4 is 5.73 Å². The van der Waals surface area contributed by atoms with Crippen molar-refractivity contribution in [2.24, 2.45) is 16.6 Å². The number of hydrogen-bond donors (Lipinski definition) is 1. The first-order valence-electron chi connectivity index (χ1n) is 5.41. The summed E-state index contributed by atoms with van der Waals surface area (Å²) >= 11 is 0. The molecule has 1 heterocycles. The average Bonchev–Trinajstić information content (AvgIpc) is 2.80. The molecule has 0 bridgehead atoms. The number of aromatic nitrogens is 2. The zero-order chi connectivity index (χ0) is 10.5. The zero-order valence-corrected chi connectivity index (χ0v) is 8.72. The average molecular weight is 208 g/mol. The van der Waals surface area contributed by atoms with Crippen molar-refractivity contribution in [1.82, 2.24) is 10.1 Å². The standard InChI is InChI=1S/C10H16N4O/c11-10(8-4-2-1-3-5-8)12-6-9-13-7-15-14-9/h7-8H,1-6H2,(H2,11,12). The Morgan fingerprint density at radius 2 is 2.27 bits per heavy atom. The van der Waals surface area contributed by atoms with Crippen LogP contribution in [-0.4, -0.2) is 16.0 Å². The summed E-state index contributed by atoms with van der Waals surface area (Å²) in [6, 6.07) is 0. The molecule has 0 amide bonds. The van der Waals surface area contributed by atoms with E-state index < -0.39 is 0 Å². The minimum atomic E-state index is 0.429. The van der Waals surface area contributed by atoms with Crippen molar-refractivity contribution < 1.29 is 4.52 Å². The Bertz CT molecular complexity index is 314. The van der Waals surface area contributed by atoms with Gasteiger partial charge in [-0.15, -0.1) is 0 Å². The highest BCUT2D eigenvalue weighted by Crippen LogP contribution is 2.23. The number of nitrogens with two attached hydrogens (primary N) is 1. The number of hydrogen-bond acceptors (Lipinski definition) is 4. The van der Waals surface area contributed by atoms with Gasteiger partial charge in [0.15, 0.2) is 5.82 Å². The molecule has 1 fully saturated rings. The highest BCUT2D eigenvalue weighted by molar-refractivity contribution is 5.82. The first-order valence-corrected chi connectivity index (χ1v) is 5.41. The van der Waals surface area contributed by atoms with Crippen LogP contribution in [0.4, 0.5) is 0 Å². The lowest BCUT2D eigenvalue weighted by molar-refractivity contribution is 0.410. The SMILES string of the molecule is NC(=NCc1ncon1)C1CCCCC1. The van der Waals surface area contributed by atoms with Gasteiger partial charge in [0, 0.05) is 5.92 Å². The fourth-order valence-corrected chi connectivity index (χ4v) is 1.95. The van der Waals surface area contributed by atoms with E-state index in [2.05, 4.69) is 19.7 Å². The summed E-state index contributed by atoms with van der Waals surface area (Å²) in [5.41, 5.74) is 5.93. The molecule has 5 heteroatoms. The summed E-state index contributed by atoms with van der Waals surface area (Å²) in [7, 11) is 0. The highest BCUT2D eigenvalue weighted by atomic mass is 16.5. The second kappa shape index (κ2) is 4.91. The maximum Gasteiger partial charge on any atom is 0.213 e. The van der Waals surface area contributed by atoms with Crippen LogP contribution in [0.2, 0.25) is 0 Å². The number of rotatable bonds is 3. The molecule has 1 saturated carbocycles. The molecule has 0 unspecified atom stereocenters. The summed E-state index contributed by atoms with van der Waals surface area (Å²) in [4.78, 5) is 8.19. The molecule has 1 aromatic rings. The molecule has 2 rings (SSSR count). The van der Waals surface area contributed by atoms with Crippen molar-refractivity contribution in [2.75, 3.05) is 0 Å². The van der Waals surface area contributed by atoms with Crippen LogP contribution in [-0.2, 0) is 6.54 Å². The fraction of sp³-hybridized carbons (Fsp3) is 0.700. The summed E-state index contributed by atoms with van der Waals surface area (Å²) in [6.07, 6.45) is 7.51. The van der Waals surface area contributed by atoms with Crippen molar-refractivity contribution >= 4 is 5.84 Å². The summed E-state index contributed by atoms with van der Waals surface area (Å²) in [6.45, 7) is 0.429. The molecule has 1 aliphatic carbocycles. The van der Waals surface area contributed by atoms with Crippen LogP contribution in [0.5, 0.6) is 0 Å². The van der Waals surface area contributed by atoms with Crippen LogP contribution in [0.3, 0.4) is 0 Å². The molecule has 2 N–H and O–H groups in total. The molecule has 82 valence electrons. The Kier molecular flexibility index (Phi) is 3.32. The number of amidine groups is 1. The lowest BCUT2D eigenvalue weighted by Crippen LogP contribution is -2.25. The lowest BCUT2D eigenvalue weighted by atomic mass is 9.88. The molecule has 0 aromatic carbocycles. The van der Waals surface area contributed by atoms with Gasteiger partial charge in [0.05, 0.1) is 5.84 Å². The van der Waals surface area contributed by atoms with E-state index in [1.165, 1.54) is 38.5 Å². The molecule has 1 aliphatic rings. The fourth-order valence-electron chi connectivity index (χ4n) is 1.95. The third-order valence-electron chi connectivity index (χ3n) is 2.83. The van der Waals surface area contributed by atoms with Crippen molar-refractivity contribution in [3.63, 3.8) is 0 Å². The van der Waals surface area contributed by atoms with E-state index in [0.29, 0.717) is 18.3 Å². The molecule has 0 atom stereocenters. The normalized spacial score (nSPS) is 19.3. The molecule has 0 saturated heterocycles. The molecule has 0 radical (unpaired) electrons. The minimum Gasteiger partial charge on any atom is -0.387 e. The van der Waals surface area contributed by atoms with Gasteiger partial charge in [-0.3, -0.25) is 4.99 Å². The van der Waals surface area contributed by atoms with Crippen LogP contribution in [0.15, 0.2) is 15.9 Å². The van der Waals surface area contributed by atoms with Crippen LogP contribution in [0, 0.1) is 5.92 Å². The molecule has 0 spiro atoms. The van der Waals surface area contributed by atoms with Crippen LogP contribution in [0.1, 0.15) is 37.9 Å². The Morgan fingerprint density at radius 3 is 2.93 bits per heavy atom. The van der Waals surface area contributed by atoms with Crippen molar-refractivity contribution in [3.8, 4) is 0 Å². The highest BCUT2D eigenvalue weighted by Gasteiger charge is 2.16. The second-order valence-electron chi connectivity index (χ2n) is 3.92. The topological polar surface area (TPSA) is 77.3 Å². The molecular weight excluding hydrogens is 192 g/mol. The van der Waals surface area contributed by atoms with Gasteiger partial charge in [-0.1, -0.05) is 24.4 Å². The third kappa shape index (κ3) is 2.78. The number of nitrogens with zero attached hydrogens (tertiary/aromatic N) is 3. The van der Waals surface area contributed by atoms with Gasteiger partial charge in [0.2, 0.25) is 6.39 Å². The Hall–Kier alpha value is -1.39. The Balaban J connectivity index is 1.88. The van der Waals surface area contributed by atoms with Gasteiger partial charge in [0.25, 0.3) is 0 Å². The minimum absolute atomic E-state index is 0.429. The maximum atomic E-state index is 5.93. The van der Waals surface area contributed by atoms with Crippen LogP contribution in [0.25, 0.3) is 0 Å². The predicted molar refractivity (Wildman–Crippen MR) is 56.2 cm³/mol. The molecular formula is C10H16N4O. The number of aliphatic imine (C=N–C) groups is 1. The summed E-state index contributed by atoms with van der Waals surface area (Å²) in [5.74, 6) is 1.80. The van der Waals surface area contributed by atoms with Crippen molar-refractivity contribution in [2.45, 2.75) is 38.6 Å². The van der Waals surface area contributed by atoms with Gasteiger partial charge < -0.3 is 10.3 Å².